The zero-order chi connectivity index (χ0) is 16.9. The smallest absolute Gasteiger partial charge is 0.246 e. The quantitative estimate of drug-likeness (QED) is 0.836. The van der Waals surface area contributed by atoms with Crippen LogP contribution in [0.2, 0.25) is 0 Å². The summed E-state index contributed by atoms with van der Waals surface area (Å²) in [6.07, 6.45) is 5.73. The Hall–Kier alpha value is -2.17. The van der Waals surface area contributed by atoms with Crippen molar-refractivity contribution in [3.05, 3.63) is 41.5 Å². The lowest BCUT2D eigenvalue weighted by Crippen LogP contribution is -2.48. The first-order valence-corrected chi connectivity index (χ1v) is 9.21. The van der Waals surface area contributed by atoms with Crippen LogP contribution in [0.4, 0.5) is 0 Å². The molecule has 0 saturated carbocycles. The summed E-state index contributed by atoms with van der Waals surface area (Å²) >= 11 is 0. The predicted octanol–water partition coefficient (Wildman–Crippen LogP) is 1.11. The molecule has 7 heteroatoms. The van der Waals surface area contributed by atoms with Crippen molar-refractivity contribution in [1.82, 2.24) is 9.62 Å². The standard InChI is InChI=1S/C16H19N3O3S/c1-23(21,22)18-15-6-3-9-19(12-15)16(20)8-7-13-4-2-5-14(10-13)11-17/h2,4-5,7-8,10,15,18H,3,6,9,12H2,1H3/b8-7+/t15-/m1/s1. The van der Waals surface area contributed by atoms with E-state index in [1.165, 1.54) is 6.08 Å². The molecule has 1 aromatic carbocycles. The third-order valence-corrected chi connectivity index (χ3v) is 4.31. The normalized spacial score (nSPS) is 18.8. The second kappa shape index (κ2) is 7.40. The molecule has 6 nitrogen and oxygen atoms in total. The number of nitrogens with zero attached hydrogens (tertiary/aromatic N) is 2. The SMILES string of the molecule is CS(=O)(=O)N[C@@H]1CCCN(C(=O)/C=C/c2cccc(C#N)c2)C1. The molecule has 1 atom stereocenters. The summed E-state index contributed by atoms with van der Waals surface area (Å²) in [6.45, 7) is 0.984. The molecule has 1 amide bonds. The molecule has 0 bridgehead atoms. The van der Waals surface area contributed by atoms with E-state index in [4.69, 9.17) is 5.26 Å². The van der Waals surface area contributed by atoms with E-state index >= 15 is 0 Å². The van der Waals surface area contributed by atoms with Gasteiger partial charge in [-0.1, -0.05) is 12.1 Å². The van der Waals surface area contributed by atoms with Crippen LogP contribution in [0.25, 0.3) is 6.08 Å². The Morgan fingerprint density at radius 2 is 2.26 bits per heavy atom. The van der Waals surface area contributed by atoms with Crippen LogP contribution in [0.15, 0.2) is 30.3 Å². The first kappa shape index (κ1) is 17.2. The number of piperidine rings is 1. The zero-order valence-electron chi connectivity index (χ0n) is 12.9. The van der Waals surface area contributed by atoms with Gasteiger partial charge in [0, 0.05) is 25.2 Å². The molecule has 1 heterocycles. The number of rotatable bonds is 4. The van der Waals surface area contributed by atoms with E-state index in [0.717, 1.165) is 24.7 Å². The van der Waals surface area contributed by atoms with Crippen LogP contribution >= 0.6 is 0 Å². The van der Waals surface area contributed by atoms with Gasteiger partial charge in [-0.3, -0.25) is 4.79 Å². The number of hydrogen-bond donors (Lipinski definition) is 1. The molecule has 0 radical (unpaired) electrons. The summed E-state index contributed by atoms with van der Waals surface area (Å²) in [6, 6.07) is 8.79. The van der Waals surface area contributed by atoms with Crippen LogP contribution in [-0.4, -0.2) is 44.6 Å². The van der Waals surface area contributed by atoms with Crippen LogP contribution in [0.5, 0.6) is 0 Å². The lowest BCUT2D eigenvalue weighted by atomic mass is 10.1. The number of amides is 1. The fourth-order valence-corrected chi connectivity index (χ4v) is 3.36. The Balaban J connectivity index is 1.99. The van der Waals surface area contributed by atoms with E-state index in [9.17, 15) is 13.2 Å². The molecule has 122 valence electrons. The lowest BCUT2D eigenvalue weighted by molar-refractivity contribution is -0.127. The maximum absolute atomic E-state index is 12.2. The van der Waals surface area contributed by atoms with Crippen LogP contribution < -0.4 is 4.72 Å². The van der Waals surface area contributed by atoms with Gasteiger partial charge >= 0.3 is 0 Å². The number of hydrogen-bond acceptors (Lipinski definition) is 4. The van der Waals surface area contributed by atoms with Gasteiger partial charge in [0.25, 0.3) is 0 Å². The molecule has 1 fully saturated rings. The van der Waals surface area contributed by atoms with Crippen molar-refractivity contribution >= 4 is 22.0 Å². The highest BCUT2D eigenvalue weighted by Crippen LogP contribution is 2.12. The van der Waals surface area contributed by atoms with E-state index in [1.54, 1.807) is 29.2 Å². The number of nitriles is 1. The Labute approximate surface area is 136 Å². The van der Waals surface area contributed by atoms with Gasteiger partial charge in [0.2, 0.25) is 15.9 Å². The highest BCUT2D eigenvalue weighted by Gasteiger charge is 2.24. The van der Waals surface area contributed by atoms with Crippen LogP contribution in [0.3, 0.4) is 0 Å². The van der Waals surface area contributed by atoms with E-state index in [1.807, 2.05) is 6.07 Å². The summed E-state index contributed by atoms with van der Waals surface area (Å²) in [5.74, 6) is -0.160. The van der Waals surface area contributed by atoms with Crippen LogP contribution in [0, 0.1) is 11.3 Å². The van der Waals surface area contributed by atoms with Crippen molar-refractivity contribution in [3.63, 3.8) is 0 Å². The fourth-order valence-electron chi connectivity index (χ4n) is 2.56. The molecule has 23 heavy (non-hydrogen) atoms. The van der Waals surface area contributed by atoms with Crippen molar-refractivity contribution < 1.29 is 13.2 Å². The minimum Gasteiger partial charge on any atom is -0.338 e. The van der Waals surface area contributed by atoms with Gasteiger partial charge in [0.05, 0.1) is 17.9 Å². The fraction of sp³-hybridized carbons (Fsp3) is 0.375. The number of nitrogens with one attached hydrogen (secondary N) is 1. The van der Waals surface area contributed by atoms with E-state index in [0.29, 0.717) is 18.7 Å². The molecule has 1 saturated heterocycles. The molecule has 1 N–H and O–H groups in total. The summed E-state index contributed by atoms with van der Waals surface area (Å²) in [4.78, 5) is 13.9. The van der Waals surface area contributed by atoms with Gasteiger partial charge in [-0.15, -0.1) is 0 Å². The predicted molar refractivity (Wildman–Crippen MR) is 87.8 cm³/mol. The molecular weight excluding hydrogens is 314 g/mol. The van der Waals surface area contributed by atoms with E-state index < -0.39 is 10.0 Å². The molecule has 2 rings (SSSR count). The second-order valence-electron chi connectivity index (χ2n) is 5.58. The highest BCUT2D eigenvalue weighted by atomic mass is 32.2. The molecule has 1 aliphatic heterocycles. The van der Waals surface area contributed by atoms with Crippen molar-refractivity contribution in [3.8, 4) is 6.07 Å². The molecule has 1 aliphatic rings. The minimum atomic E-state index is -3.27. The topological polar surface area (TPSA) is 90.3 Å². The molecule has 0 aliphatic carbocycles. The van der Waals surface area contributed by atoms with Gasteiger partial charge in [0.1, 0.15) is 0 Å². The van der Waals surface area contributed by atoms with Gasteiger partial charge in [-0.05, 0) is 36.6 Å². The minimum absolute atomic E-state index is 0.160. The average Bonchev–Trinajstić information content (AvgIpc) is 2.51. The van der Waals surface area contributed by atoms with Gasteiger partial charge < -0.3 is 4.90 Å². The number of sulfonamides is 1. The zero-order valence-corrected chi connectivity index (χ0v) is 13.7. The Bertz CT molecular complexity index is 750. The number of carbonyl (C=O) groups is 1. The number of likely N-dealkylation sites (tertiary alicyclic amines) is 1. The average molecular weight is 333 g/mol. The Kier molecular flexibility index (Phi) is 5.53. The third-order valence-electron chi connectivity index (χ3n) is 3.55. The van der Waals surface area contributed by atoms with Crippen LogP contribution in [0.1, 0.15) is 24.0 Å². The monoisotopic (exact) mass is 333 g/mol. The molecule has 0 unspecified atom stereocenters. The number of carbonyl (C=O) groups excluding carboxylic acids is 1. The second-order valence-corrected chi connectivity index (χ2v) is 7.36. The van der Waals surface area contributed by atoms with Gasteiger partial charge in [-0.2, -0.15) is 5.26 Å². The lowest BCUT2D eigenvalue weighted by Gasteiger charge is -2.32. The number of benzene rings is 1. The summed E-state index contributed by atoms with van der Waals surface area (Å²) in [7, 11) is -3.27. The van der Waals surface area contributed by atoms with Crippen LogP contribution in [-0.2, 0) is 14.8 Å². The molecule has 0 aromatic heterocycles. The van der Waals surface area contributed by atoms with E-state index in [-0.39, 0.29) is 11.9 Å². The first-order valence-electron chi connectivity index (χ1n) is 7.32. The summed E-state index contributed by atoms with van der Waals surface area (Å²) in [5.41, 5.74) is 1.32. The summed E-state index contributed by atoms with van der Waals surface area (Å²) < 4.78 is 25.1. The first-order chi connectivity index (χ1) is 10.9. The van der Waals surface area contributed by atoms with Crippen molar-refractivity contribution in [2.75, 3.05) is 19.3 Å². The molecule has 1 aromatic rings. The molecular formula is C16H19N3O3S. The van der Waals surface area contributed by atoms with Crippen molar-refractivity contribution in [1.29, 1.82) is 5.26 Å². The Morgan fingerprint density at radius 3 is 2.96 bits per heavy atom. The Morgan fingerprint density at radius 1 is 1.48 bits per heavy atom. The summed E-state index contributed by atoms with van der Waals surface area (Å²) in [5, 5.41) is 8.86. The van der Waals surface area contributed by atoms with Gasteiger partial charge in [0.15, 0.2) is 0 Å². The van der Waals surface area contributed by atoms with Crippen molar-refractivity contribution in [2.24, 2.45) is 0 Å². The van der Waals surface area contributed by atoms with E-state index in [2.05, 4.69) is 10.8 Å². The maximum Gasteiger partial charge on any atom is 0.246 e. The van der Waals surface area contributed by atoms with Crippen molar-refractivity contribution in [2.45, 2.75) is 18.9 Å². The molecule has 0 spiro atoms. The maximum atomic E-state index is 12.2. The third kappa shape index (κ3) is 5.51. The highest BCUT2D eigenvalue weighted by molar-refractivity contribution is 7.88. The van der Waals surface area contributed by atoms with Gasteiger partial charge in [-0.25, -0.2) is 13.1 Å². The largest absolute Gasteiger partial charge is 0.338 e.